The molecule has 0 saturated carbocycles. The largest absolute Gasteiger partial charge is 0.324 e. The maximum Gasteiger partial charge on any atom is 0.238 e. The second-order valence-electron chi connectivity index (χ2n) is 10.1. The fourth-order valence-electron chi connectivity index (χ4n) is 4.75. The smallest absolute Gasteiger partial charge is 0.238 e. The molecule has 0 aliphatic heterocycles. The number of pyridine rings is 1. The zero-order valence-corrected chi connectivity index (χ0v) is 25.3. The average molecular weight is 616 g/mol. The number of aromatic nitrogens is 5. The summed E-state index contributed by atoms with van der Waals surface area (Å²) in [7, 11) is -2.01. The second kappa shape index (κ2) is 12.5. The number of nitrogens with two attached hydrogens (primary N) is 1. The third-order valence-corrected chi connectivity index (χ3v) is 7.91. The van der Waals surface area contributed by atoms with Crippen molar-refractivity contribution in [3.63, 3.8) is 0 Å². The fraction of sp³-hybridized carbons (Fsp3) is 0.0606. The molecule has 0 fully saturated rings. The van der Waals surface area contributed by atoms with Gasteiger partial charge in [0.2, 0.25) is 16.0 Å². The number of hydrogen-bond donors (Lipinski definition) is 2. The van der Waals surface area contributed by atoms with Crippen molar-refractivity contribution < 1.29 is 8.42 Å². The molecule has 11 nitrogen and oxygen atoms in total. The summed E-state index contributed by atoms with van der Waals surface area (Å²) in [6, 6.07) is 29.6. The van der Waals surface area contributed by atoms with Crippen LogP contribution in [0.1, 0.15) is 12.5 Å². The highest BCUT2D eigenvalue weighted by Crippen LogP contribution is 2.36. The van der Waals surface area contributed by atoms with Gasteiger partial charge in [-0.15, -0.1) is 0 Å². The van der Waals surface area contributed by atoms with Crippen molar-refractivity contribution in [1.82, 2.24) is 24.7 Å². The van der Waals surface area contributed by atoms with E-state index in [-0.39, 0.29) is 4.90 Å². The minimum atomic E-state index is -3.81. The third-order valence-electron chi connectivity index (χ3n) is 6.98. The molecule has 3 heterocycles. The van der Waals surface area contributed by atoms with E-state index in [2.05, 4.69) is 10.3 Å². The van der Waals surface area contributed by atoms with Crippen molar-refractivity contribution in [3.8, 4) is 28.1 Å². The first kappa shape index (κ1) is 29.4. The van der Waals surface area contributed by atoms with Crippen LogP contribution in [-0.4, -0.2) is 45.9 Å². The number of hydrazone groups is 1. The Morgan fingerprint density at radius 1 is 0.844 bits per heavy atom. The molecule has 45 heavy (non-hydrogen) atoms. The molecule has 0 saturated heterocycles. The van der Waals surface area contributed by atoms with Gasteiger partial charge in [-0.25, -0.2) is 23.2 Å². The van der Waals surface area contributed by atoms with Crippen molar-refractivity contribution in [2.45, 2.75) is 11.8 Å². The Morgan fingerprint density at radius 3 is 2.18 bits per heavy atom. The number of para-hydroxylation sites is 1. The highest BCUT2D eigenvalue weighted by Gasteiger charge is 2.22. The first-order chi connectivity index (χ1) is 21.8. The highest BCUT2D eigenvalue weighted by atomic mass is 32.2. The average Bonchev–Trinajstić information content (AvgIpc) is 3.56. The van der Waals surface area contributed by atoms with Gasteiger partial charge in [0.15, 0.2) is 11.6 Å². The Kier molecular flexibility index (Phi) is 8.14. The van der Waals surface area contributed by atoms with E-state index in [4.69, 9.17) is 25.3 Å². The minimum Gasteiger partial charge on any atom is -0.324 e. The Hall–Kier alpha value is -5.72. The molecule has 3 aromatic heterocycles. The van der Waals surface area contributed by atoms with Crippen LogP contribution < -0.4 is 15.5 Å². The first-order valence-electron chi connectivity index (χ1n) is 13.9. The summed E-state index contributed by atoms with van der Waals surface area (Å²) in [5, 5.41) is 19.8. The molecule has 6 rings (SSSR count). The van der Waals surface area contributed by atoms with E-state index in [1.54, 1.807) is 47.5 Å². The molecular weight excluding hydrogens is 586 g/mol. The zero-order chi connectivity index (χ0) is 31.4. The molecule has 0 aliphatic carbocycles. The van der Waals surface area contributed by atoms with Crippen LogP contribution in [0, 0.1) is 0 Å². The number of hydrogen-bond acceptors (Lipinski definition) is 9. The van der Waals surface area contributed by atoms with Crippen molar-refractivity contribution in [3.05, 3.63) is 127 Å². The van der Waals surface area contributed by atoms with Crippen LogP contribution in [0.5, 0.6) is 0 Å². The standard InChI is InChI=1S/C33H29N9O2S/c1-23(24-13-15-29(16-14-24)45(34,43)44)40-41(2)31-30(26-9-5-3-6-10-26)32(39-33(38-31)37-28-11-7-4-8-12-28)42-22-27(21-36-42)25-17-19-35-20-18-25/h3-22H,1-2H3,(H2,34,43,44)(H,37,38,39)/b40-23+. The maximum absolute atomic E-state index is 11.8. The van der Waals surface area contributed by atoms with Gasteiger partial charge in [-0.3, -0.25) is 4.98 Å². The lowest BCUT2D eigenvalue weighted by molar-refractivity contribution is 0.598. The number of sulfonamides is 1. The van der Waals surface area contributed by atoms with E-state index < -0.39 is 10.0 Å². The van der Waals surface area contributed by atoms with Gasteiger partial charge in [0.25, 0.3) is 0 Å². The van der Waals surface area contributed by atoms with E-state index in [1.807, 2.05) is 85.9 Å². The molecule has 0 radical (unpaired) electrons. The van der Waals surface area contributed by atoms with Gasteiger partial charge in [-0.1, -0.05) is 60.7 Å². The van der Waals surface area contributed by atoms with E-state index in [0.717, 1.165) is 27.9 Å². The summed E-state index contributed by atoms with van der Waals surface area (Å²) < 4.78 is 25.2. The van der Waals surface area contributed by atoms with Gasteiger partial charge in [-0.2, -0.15) is 20.2 Å². The summed E-state index contributed by atoms with van der Waals surface area (Å²) in [6.45, 7) is 1.84. The van der Waals surface area contributed by atoms with Crippen LogP contribution in [0.3, 0.4) is 0 Å². The van der Waals surface area contributed by atoms with E-state index in [9.17, 15) is 8.42 Å². The Morgan fingerprint density at radius 2 is 1.51 bits per heavy atom. The Labute approximate surface area is 260 Å². The second-order valence-corrected chi connectivity index (χ2v) is 11.7. The molecule has 12 heteroatoms. The summed E-state index contributed by atoms with van der Waals surface area (Å²) in [5.41, 5.74) is 5.63. The normalized spacial score (nSPS) is 11.8. The molecule has 0 unspecified atom stereocenters. The maximum atomic E-state index is 11.8. The number of nitrogens with zero attached hydrogens (tertiary/aromatic N) is 7. The van der Waals surface area contributed by atoms with Crippen LogP contribution in [0.25, 0.3) is 28.1 Å². The number of rotatable bonds is 9. The van der Waals surface area contributed by atoms with Gasteiger partial charge < -0.3 is 5.32 Å². The molecule has 0 bridgehead atoms. The van der Waals surface area contributed by atoms with Gasteiger partial charge >= 0.3 is 0 Å². The quantitative estimate of drug-likeness (QED) is 0.157. The highest BCUT2D eigenvalue weighted by molar-refractivity contribution is 7.89. The van der Waals surface area contributed by atoms with Crippen LogP contribution >= 0.6 is 0 Å². The van der Waals surface area contributed by atoms with E-state index >= 15 is 0 Å². The lowest BCUT2D eigenvalue weighted by Crippen LogP contribution is -2.18. The van der Waals surface area contributed by atoms with Crippen molar-refractivity contribution >= 4 is 33.2 Å². The van der Waals surface area contributed by atoms with Crippen LogP contribution in [0.2, 0.25) is 0 Å². The molecule has 0 amide bonds. The number of primary sulfonamides is 1. The summed E-state index contributed by atoms with van der Waals surface area (Å²) >= 11 is 0. The van der Waals surface area contributed by atoms with Gasteiger partial charge in [0, 0.05) is 36.9 Å². The predicted molar refractivity (Wildman–Crippen MR) is 176 cm³/mol. The predicted octanol–water partition coefficient (Wildman–Crippen LogP) is 5.64. The van der Waals surface area contributed by atoms with E-state index in [1.165, 1.54) is 12.1 Å². The van der Waals surface area contributed by atoms with Crippen LogP contribution in [0.15, 0.2) is 132 Å². The molecular formula is C33H29N9O2S. The number of nitrogens with one attached hydrogen (secondary N) is 1. The molecule has 0 aliphatic rings. The summed E-state index contributed by atoms with van der Waals surface area (Å²) in [4.78, 5) is 14.1. The molecule has 0 atom stereocenters. The van der Waals surface area contributed by atoms with Crippen molar-refractivity contribution in [1.29, 1.82) is 0 Å². The monoisotopic (exact) mass is 615 g/mol. The number of benzene rings is 3. The topological polar surface area (TPSA) is 144 Å². The molecule has 224 valence electrons. The SMILES string of the molecule is C/C(=N\N(C)c1nc(Nc2ccccc2)nc(-n2cc(-c3ccncc3)cn2)c1-c1ccccc1)c1ccc(S(N)(=O)=O)cc1. The van der Waals surface area contributed by atoms with Crippen molar-refractivity contribution in [2.75, 3.05) is 17.4 Å². The summed E-state index contributed by atoms with van der Waals surface area (Å²) in [6.07, 6.45) is 7.18. The zero-order valence-electron chi connectivity index (χ0n) is 24.5. The minimum absolute atomic E-state index is 0.0289. The fourth-order valence-corrected chi connectivity index (χ4v) is 5.27. The third kappa shape index (κ3) is 6.61. The Balaban J connectivity index is 1.51. The van der Waals surface area contributed by atoms with Crippen molar-refractivity contribution in [2.24, 2.45) is 10.2 Å². The van der Waals surface area contributed by atoms with Gasteiger partial charge in [0.05, 0.1) is 22.4 Å². The first-order valence-corrected chi connectivity index (χ1v) is 15.5. The van der Waals surface area contributed by atoms with E-state index in [0.29, 0.717) is 28.9 Å². The molecule has 3 aromatic carbocycles. The molecule has 0 spiro atoms. The van der Waals surface area contributed by atoms with Crippen LogP contribution in [0.4, 0.5) is 17.5 Å². The lowest BCUT2D eigenvalue weighted by atomic mass is 10.1. The number of anilines is 3. The Bertz CT molecular complexity index is 2070. The van der Waals surface area contributed by atoms with Gasteiger partial charge in [-0.05, 0) is 60.0 Å². The lowest BCUT2D eigenvalue weighted by Gasteiger charge is -2.21. The molecule has 6 aromatic rings. The summed E-state index contributed by atoms with van der Waals surface area (Å²) in [5.74, 6) is 1.41. The molecule has 3 N–H and O–H groups in total. The van der Waals surface area contributed by atoms with Gasteiger partial charge in [0.1, 0.15) is 0 Å². The van der Waals surface area contributed by atoms with Crippen LogP contribution in [-0.2, 0) is 10.0 Å².